The van der Waals surface area contributed by atoms with Crippen LogP contribution in [0, 0.1) is 5.92 Å². The second-order valence-electron chi connectivity index (χ2n) is 5.11. The van der Waals surface area contributed by atoms with Gasteiger partial charge in [-0.15, -0.1) is 11.8 Å². The quantitative estimate of drug-likeness (QED) is 0.319. The maximum absolute atomic E-state index is 12.0. The van der Waals surface area contributed by atoms with Crippen molar-refractivity contribution in [3.63, 3.8) is 0 Å². The standard InChI is InChI=1S/C11H17N3O6S2/c1-5(15)8-6-4-7(21-3-2-13-22(12,19)20)9(11(17)18)14(6)10(8)16/h5-6,8,13,15H,2-4H2,1H3,(H,17,18)(H2,12,19,20)/t5-,6-,8-/m1/s1. The van der Waals surface area contributed by atoms with E-state index in [9.17, 15) is 28.2 Å². The summed E-state index contributed by atoms with van der Waals surface area (Å²) in [6.07, 6.45) is -0.486. The molecule has 1 fully saturated rings. The largest absolute Gasteiger partial charge is 0.477 e. The highest BCUT2D eigenvalue weighted by atomic mass is 32.2. The normalized spacial score (nSPS) is 26.0. The number of amides is 1. The molecule has 124 valence electrons. The molecule has 2 aliphatic rings. The Morgan fingerprint density at radius 1 is 1.59 bits per heavy atom. The smallest absolute Gasteiger partial charge is 0.353 e. The minimum atomic E-state index is -3.78. The number of carboxylic acids is 1. The van der Waals surface area contributed by atoms with Crippen LogP contribution in [0.3, 0.4) is 0 Å². The Balaban J connectivity index is 2.04. The predicted octanol–water partition coefficient (Wildman–Crippen LogP) is -1.58. The molecule has 0 saturated carbocycles. The van der Waals surface area contributed by atoms with Gasteiger partial charge in [0.05, 0.1) is 18.1 Å². The molecule has 2 heterocycles. The van der Waals surface area contributed by atoms with Crippen LogP contribution in [0.5, 0.6) is 0 Å². The van der Waals surface area contributed by atoms with E-state index >= 15 is 0 Å². The summed E-state index contributed by atoms with van der Waals surface area (Å²) in [5.41, 5.74) is -0.0764. The lowest BCUT2D eigenvalue weighted by atomic mass is 9.83. The van der Waals surface area contributed by atoms with Crippen LogP contribution in [0.25, 0.3) is 0 Å². The molecule has 0 radical (unpaired) electrons. The van der Waals surface area contributed by atoms with Crippen LogP contribution in [-0.4, -0.2) is 59.9 Å². The van der Waals surface area contributed by atoms with Crippen molar-refractivity contribution in [3.05, 3.63) is 10.6 Å². The highest BCUT2D eigenvalue weighted by Gasteiger charge is 2.56. The van der Waals surface area contributed by atoms with Gasteiger partial charge in [-0.05, 0) is 6.92 Å². The van der Waals surface area contributed by atoms with Gasteiger partial charge in [0.15, 0.2) is 0 Å². The fourth-order valence-electron chi connectivity index (χ4n) is 2.72. The molecule has 0 aliphatic carbocycles. The van der Waals surface area contributed by atoms with Gasteiger partial charge in [0.1, 0.15) is 5.70 Å². The summed E-state index contributed by atoms with van der Waals surface area (Å²) in [4.78, 5) is 25.0. The first-order valence-electron chi connectivity index (χ1n) is 6.51. The number of carbonyl (C=O) groups excluding carboxylic acids is 1. The van der Waals surface area contributed by atoms with Gasteiger partial charge in [0.25, 0.3) is 10.2 Å². The highest BCUT2D eigenvalue weighted by molar-refractivity contribution is 8.03. The molecule has 0 spiro atoms. The number of aliphatic hydroxyl groups excluding tert-OH is 1. The molecule has 3 atom stereocenters. The Labute approximate surface area is 131 Å². The van der Waals surface area contributed by atoms with Crippen molar-refractivity contribution in [2.75, 3.05) is 12.3 Å². The minimum Gasteiger partial charge on any atom is -0.477 e. The molecule has 0 bridgehead atoms. The molecule has 9 nitrogen and oxygen atoms in total. The Hall–Kier alpha value is -1.14. The summed E-state index contributed by atoms with van der Waals surface area (Å²) in [7, 11) is -3.78. The topological polar surface area (TPSA) is 150 Å². The van der Waals surface area contributed by atoms with Crippen molar-refractivity contribution in [3.8, 4) is 0 Å². The monoisotopic (exact) mass is 351 g/mol. The number of hydrogen-bond acceptors (Lipinski definition) is 6. The molecule has 5 N–H and O–H groups in total. The van der Waals surface area contributed by atoms with Crippen molar-refractivity contribution < 1.29 is 28.2 Å². The number of nitrogens with two attached hydrogens (primary N) is 1. The number of carboxylic acid groups (broad SMARTS) is 1. The molecule has 0 aromatic carbocycles. The molecule has 2 aliphatic heterocycles. The maximum Gasteiger partial charge on any atom is 0.353 e. The number of β-lactam (4-membered cyclic amide) rings is 1. The molecule has 11 heteroatoms. The molecular formula is C11H17N3O6S2. The van der Waals surface area contributed by atoms with Crippen LogP contribution in [0.1, 0.15) is 13.3 Å². The van der Waals surface area contributed by atoms with Gasteiger partial charge in [-0.1, -0.05) is 0 Å². The van der Waals surface area contributed by atoms with E-state index in [1.54, 1.807) is 0 Å². The Bertz CT molecular complexity index is 630. The van der Waals surface area contributed by atoms with E-state index in [4.69, 9.17) is 5.14 Å². The van der Waals surface area contributed by atoms with Crippen molar-refractivity contribution in [1.82, 2.24) is 9.62 Å². The van der Waals surface area contributed by atoms with E-state index in [0.717, 1.165) is 0 Å². The summed E-state index contributed by atoms with van der Waals surface area (Å²) < 4.78 is 23.6. The highest BCUT2D eigenvalue weighted by Crippen LogP contribution is 2.46. The van der Waals surface area contributed by atoms with Crippen LogP contribution >= 0.6 is 11.8 Å². The number of nitrogens with one attached hydrogen (secondary N) is 1. The fraction of sp³-hybridized carbons (Fsp3) is 0.636. The molecule has 2 rings (SSSR count). The van der Waals surface area contributed by atoms with Crippen molar-refractivity contribution in [1.29, 1.82) is 0 Å². The molecule has 22 heavy (non-hydrogen) atoms. The molecule has 1 amide bonds. The van der Waals surface area contributed by atoms with Crippen LogP contribution < -0.4 is 9.86 Å². The summed E-state index contributed by atoms with van der Waals surface area (Å²) >= 11 is 1.17. The van der Waals surface area contributed by atoms with Gasteiger partial charge in [-0.3, -0.25) is 4.79 Å². The Kier molecular flexibility index (Phi) is 4.82. The second-order valence-corrected chi connectivity index (χ2v) is 7.68. The van der Waals surface area contributed by atoms with Crippen LogP contribution in [-0.2, 0) is 19.8 Å². The second kappa shape index (κ2) is 6.16. The van der Waals surface area contributed by atoms with Gasteiger partial charge in [0, 0.05) is 23.6 Å². The van der Waals surface area contributed by atoms with Gasteiger partial charge >= 0.3 is 5.97 Å². The predicted molar refractivity (Wildman–Crippen MR) is 78.7 cm³/mol. The van der Waals surface area contributed by atoms with E-state index in [1.165, 1.54) is 23.6 Å². The first kappa shape index (κ1) is 17.2. The Morgan fingerprint density at radius 3 is 2.73 bits per heavy atom. The zero-order valence-corrected chi connectivity index (χ0v) is 13.4. The lowest BCUT2D eigenvalue weighted by Crippen LogP contribution is -2.61. The van der Waals surface area contributed by atoms with Gasteiger partial charge in [-0.2, -0.15) is 8.42 Å². The van der Waals surface area contributed by atoms with E-state index < -0.39 is 34.1 Å². The lowest BCUT2D eigenvalue weighted by molar-refractivity contribution is -0.161. The van der Waals surface area contributed by atoms with Gasteiger partial charge in [0.2, 0.25) is 5.91 Å². The summed E-state index contributed by atoms with van der Waals surface area (Å²) in [5.74, 6) is -1.90. The minimum absolute atomic E-state index is 0.0539. The van der Waals surface area contributed by atoms with Crippen LogP contribution in [0.2, 0.25) is 0 Å². The zero-order chi connectivity index (χ0) is 16.7. The van der Waals surface area contributed by atoms with Crippen molar-refractivity contribution >= 4 is 33.8 Å². The molecular weight excluding hydrogens is 334 g/mol. The summed E-state index contributed by atoms with van der Waals surface area (Å²) in [5, 5.41) is 23.7. The summed E-state index contributed by atoms with van der Waals surface area (Å²) in [6.45, 7) is 1.56. The van der Waals surface area contributed by atoms with Crippen LogP contribution in [0.15, 0.2) is 10.6 Å². The third-order valence-corrected chi connectivity index (χ3v) is 5.30. The average Bonchev–Trinajstić information content (AvgIpc) is 2.67. The number of aliphatic carboxylic acids is 1. The van der Waals surface area contributed by atoms with E-state index in [-0.39, 0.29) is 24.0 Å². The molecule has 0 aromatic rings. The van der Waals surface area contributed by atoms with E-state index in [0.29, 0.717) is 11.3 Å². The first-order valence-corrected chi connectivity index (χ1v) is 9.04. The number of rotatable bonds is 7. The fourth-order valence-corrected chi connectivity index (χ4v) is 4.30. The van der Waals surface area contributed by atoms with Gasteiger partial charge < -0.3 is 15.1 Å². The van der Waals surface area contributed by atoms with Crippen LogP contribution in [0.4, 0.5) is 0 Å². The molecule has 1 saturated heterocycles. The zero-order valence-electron chi connectivity index (χ0n) is 11.7. The third-order valence-electron chi connectivity index (χ3n) is 3.57. The number of aliphatic hydroxyl groups is 1. The molecule has 0 aromatic heterocycles. The van der Waals surface area contributed by atoms with Gasteiger partial charge in [-0.25, -0.2) is 14.7 Å². The maximum atomic E-state index is 12.0. The summed E-state index contributed by atoms with van der Waals surface area (Å²) in [6, 6.07) is -0.340. The third kappa shape index (κ3) is 3.27. The number of thioether (sulfide) groups is 1. The number of hydrogen-bond donors (Lipinski definition) is 4. The first-order chi connectivity index (χ1) is 10.1. The molecule has 0 unspecified atom stereocenters. The van der Waals surface area contributed by atoms with Crippen molar-refractivity contribution in [2.24, 2.45) is 11.1 Å². The van der Waals surface area contributed by atoms with E-state index in [2.05, 4.69) is 4.72 Å². The number of fused-ring (bicyclic) bond motifs is 1. The lowest BCUT2D eigenvalue weighted by Gasteiger charge is -2.44. The van der Waals surface area contributed by atoms with E-state index in [1.807, 2.05) is 0 Å². The number of carbonyl (C=O) groups is 2. The SMILES string of the molecule is C[C@@H](O)[C@H]1C(=O)N2C(C(=O)O)=C(SCCNS(N)(=O)=O)C[C@H]12. The van der Waals surface area contributed by atoms with Crippen molar-refractivity contribution in [2.45, 2.75) is 25.5 Å². The number of nitrogens with zero attached hydrogens (tertiary/aromatic N) is 1. The average molecular weight is 351 g/mol. The Morgan fingerprint density at radius 2 is 2.23 bits per heavy atom.